The molecule has 1 fully saturated rings. The molecule has 1 aliphatic rings. The van der Waals surface area contributed by atoms with Crippen LogP contribution in [0.3, 0.4) is 0 Å². The fourth-order valence-electron chi connectivity index (χ4n) is 1.47. The molecule has 2 atom stereocenters. The average Bonchev–Trinajstić information content (AvgIpc) is 2.59. The van der Waals surface area contributed by atoms with E-state index >= 15 is 0 Å². The summed E-state index contributed by atoms with van der Waals surface area (Å²) in [6, 6.07) is 0. The molecular weight excluding hydrogens is 174 g/mol. The molecule has 2 unspecified atom stereocenters. The maximum atomic E-state index is 6.11. The molecule has 0 aliphatic carbocycles. The van der Waals surface area contributed by atoms with Crippen molar-refractivity contribution in [2.75, 3.05) is 5.75 Å². The van der Waals surface area contributed by atoms with Crippen molar-refractivity contribution in [3.63, 3.8) is 0 Å². The van der Waals surface area contributed by atoms with Gasteiger partial charge in [0, 0.05) is 11.0 Å². The number of hydrogen-bond donors (Lipinski definition) is 1. The van der Waals surface area contributed by atoms with Gasteiger partial charge in [-0.1, -0.05) is 12.1 Å². The molecule has 1 aromatic rings. The first-order valence-corrected chi connectivity index (χ1v) is 4.93. The predicted octanol–water partition coefficient (Wildman–Crippen LogP) is 0.749. The van der Waals surface area contributed by atoms with E-state index in [0.717, 1.165) is 12.2 Å². The van der Waals surface area contributed by atoms with Gasteiger partial charge >= 0.3 is 0 Å². The number of nitrogens with two attached hydrogens (primary N) is 1. The third-order valence-electron chi connectivity index (χ3n) is 2.08. The molecule has 0 amide bonds. The Hall–Kier alpha value is -0.550. The Morgan fingerprint density at radius 2 is 2.67 bits per heavy atom. The van der Waals surface area contributed by atoms with Gasteiger partial charge in [0.25, 0.3) is 0 Å². The Labute approximate surface area is 74.9 Å². The largest absolute Gasteiger partial charge is 0.343 e. The van der Waals surface area contributed by atoms with Crippen LogP contribution in [0.2, 0.25) is 0 Å². The van der Waals surface area contributed by atoms with Gasteiger partial charge < -0.3 is 10.3 Å². The lowest BCUT2D eigenvalue weighted by molar-refractivity contribution is 0.376. The summed E-state index contributed by atoms with van der Waals surface area (Å²) < 4.78 is 4.68. The first-order chi connectivity index (χ1) is 5.71. The van der Waals surface area contributed by atoms with Crippen LogP contribution in [0, 0.1) is 0 Å². The molecular formula is C7H11N3OS. The molecule has 5 heteroatoms. The zero-order chi connectivity index (χ0) is 8.60. The lowest BCUT2D eigenvalue weighted by Crippen LogP contribution is -2.38. The molecule has 2 rings (SSSR count). The van der Waals surface area contributed by atoms with Crippen molar-refractivity contribution in [3.8, 4) is 0 Å². The van der Waals surface area contributed by atoms with Crippen LogP contribution in [0.5, 0.6) is 0 Å². The molecule has 0 saturated carbocycles. The predicted molar refractivity (Wildman–Crippen MR) is 46.7 cm³/mol. The molecule has 2 N–H and O–H groups in total. The summed E-state index contributed by atoms with van der Waals surface area (Å²) in [4.78, 5) is 3.99. The van der Waals surface area contributed by atoms with Gasteiger partial charge in [0.15, 0.2) is 5.82 Å². The molecule has 1 saturated heterocycles. The summed E-state index contributed by atoms with van der Waals surface area (Å²) in [6.07, 6.45) is 2.26. The quantitative estimate of drug-likeness (QED) is 0.699. The summed E-state index contributed by atoms with van der Waals surface area (Å²) in [5, 5.41) is 4.37. The maximum Gasteiger partial charge on any atom is 0.213 e. The van der Waals surface area contributed by atoms with Crippen molar-refractivity contribution in [1.29, 1.82) is 0 Å². The second-order valence-electron chi connectivity index (χ2n) is 3.24. The summed E-state index contributed by atoms with van der Waals surface area (Å²) in [6.45, 7) is 2.17. The monoisotopic (exact) mass is 185 g/mol. The van der Waals surface area contributed by atoms with E-state index in [1.807, 2.05) is 11.8 Å². The third-order valence-corrected chi connectivity index (χ3v) is 3.50. The van der Waals surface area contributed by atoms with E-state index in [-0.39, 0.29) is 5.54 Å². The van der Waals surface area contributed by atoms with Crippen molar-refractivity contribution >= 4 is 11.8 Å². The minimum Gasteiger partial charge on any atom is -0.343 e. The Morgan fingerprint density at radius 1 is 1.83 bits per heavy atom. The van der Waals surface area contributed by atoms with Crippen LogP contribution in [-0.2, 0) is 5.54 Å². The highest BCUT2D eigenvalue weighted by Crippen LogP contribution is 2.37. The highest BCUT2D eigenvalue weighted by molar-refractivity contribution is 8.00. The number of thioether (sulfide) groups is 1. The molecule has 0 radical (unpaired) electrons. The van der Waals surface area contributed by atoms with Gasteiger partial charge in [0.1, 0.15) is 0 Å². The Kier molecular flexibility index (Phi) is 1.84. The van der Waals surface area contributed by atoms with Crippen LogP contribution in [0.1, 0.15) is 19.2 Å². The van der Waals surface area contributed by atoms with Gasteiger partial charge in [-0.2, -0.15) is 16.7 Å². The molecule has 1 aliphatic heterocycles. The van der Waals surface area contributed by atoms with Crippen LogP contribution >= 0.6 is 11.8 Å². The van der Waals surface area contributed by atoms with Gasteiger partial charge in [-0.25, -0.2) is 0 Å². The van der Waals surface area contributed by atoms with Crippen LogP contribution in [-0.4, -0.2) is 21.1 Å². The highest BCUT2D eigenvalue weighted by atomic mass is 32.2. The second-order valence-corrected chi connectivity index (χ2v) is 4.66. The molecule has 66 valence electrons. The Balaban J connectivity index is 2.23. The Bertz CT molecular complexity index is 264. The highest BCUT2D eigenvalue weighted by Gasteiger charge is 2.39. The Morgan fingerprint density at radius 3 is 3.17 bits per heavy atom. The fourth-order valence-corrected chi connectivity index (χ4v) is 2.71. The van der Waals surface area contributed by atoms with E-state index in [4.69, 9.17) is 5.73 Å². The van der Waals surface area contributed by atoms with Crippen LogP contribution in [0.15, 0.2) is 10.9 Å². The fraction of sp³-hybridized carbons (Fsp3) is 0.714. The lowest BCUT2D eigenvalue weighted by Gasteiger charge is -2.17. The average molecular weight is 185 g/mol. The molecule has 0 spiro atoms. The standard InChI is InChI=1S/C7H11N3OS/c1-5-2-7(8,3-12-5)6-9-4-11-10-6/h4-5H,2-3,8H2,1H3. The smallest absolute Gasteiger partial charge is 0.213 e. The summed E-state index contributed by atoms with van der Waals surface area (Å²) in [5.74, 6) is 1.52. The molecule has 0 aromatic carbocycles. The van der Waals surface area contributed by atoms with Crippen LogP contribution in [0.4, 0.5) is 0 Å². The molecule has 1 aromatic heterocycles. The minimum absolute atomic E-state index is 0.364. The van der Waals surface area contributed by atoms with Gasteiger partial charge in [-0.3, -0.25) is 0 Å². The van der Waals surface area contributed by atoms with E-state index in [9.17, 15) is 0 Å². The van der Waals surface area contributed by atoms with E-state index in [1.165, 1.54) is 6.39 Å². The third kappa shape index (κ3) is 1.23. The van der Waals surface area contributed by atoms with Crippen LogP contribution in [0.25, 0.3) is 0 Å². The van der Waals surface area contributed by atoms with E-state index < -0.39 is 0 Å². The maximum absolute atomic E-state index is 6.11. The zero-order valence-corrected chi connectivity index (χ0v) is 7.67. The molecule has 4 nitrogen and oxygen atoms in total. The minimum atomic E-state index is -0.364. The lowest BCUT2D eigenvalue weighted by atomic mass is 9.97. The number of nitrogens with zero attached hydrogens (tertiary/aromatic N) is 2. The first-order valence-electron chi connectivity index (χ1n) is 3.88. The van der Waals surface area contributed by atoms with Gasteiger partial charge in [-0.05, 0) is 6.42 Å². The molecule has 0 bridgehead atoms. The molecule has 12 heavy (non-hydrogen) atoms. The number of aromatic nitrogens is 2. The number of hydrogen-bond acceptors (Lipinski definition) is 5. The van der Waals surface area contributed by atoms with Crippen molar-refractivity contribution < 1.29 is 4.52 Å². The second kappa shape index (κ2) is 2.74. The van der Waals surface area contributed by atoms with E-state index in [2.05, 4.69) is 21.6 Å². The van der Waals surface area contributed by atoms with Crippen LogP contribution < -0.4 is 5.73 Å². The SMILES string of the molecule is CC1CC(N)(c2ncon2)CS1. The summed E-state index contributed by atoms with van der Waals surface area (Å²) in [5.41, 5.74) is 5.75. The normalized spacial score (nSPS) is 35.7. The van der Waals surface area contributed by atoms with Crippen molar-refractivity contribution in [2.45, 2.75) is 24.1 Å². The van der Waals surface area contributed by atoms with E-state index in [0.29, 0.717) is 11.1 Å². The van der Waals surface area contributed by atoms with Crippen molar-refractivity contribution in [3.05, 3.63) is 12.2 Å². The topological polar surface area (TPSA) is 64.9 Å². The van der Waals surface area contributed by atoms with Gasteiger partial charge in [0.2, 0.25) is 6.39 Å². The van der Waals surface area contributed by atoms with Gasteiger partial charge in [-0.15, -0.1) is 0 Å². The molecule has 2 heterocycles. The zero-order valence-electron chi connectivity index (χ0n) is 6.86. The van der Waals surface area contributed by atoms with Gasteiger partial charge in [0.05, 0.1) is 5.54 Å². The number of rotatable bonds is 1. The van der Waals surface area contributed by atoms with E-state index in [1.54, 1.807) is 0 Å². The first kappa shape index (κ1) is 8.07. The summed E-state index contributed by atoms with van der Waals surface area (Å²) >= 11 is 1.86. The van der Waals surface area contributed by atoms with Crippen molar-refractivity contribution in [1.82, 2.24) is 10.1 Å². The summed E-state index contributed by atoms with van der Waals surface area (Å²) in [7, 11) is 0. The van der Waals surface area contributed by atoms with Crippen molar-refractivity contribution in [2.24, 2.45) is 5.73 Å².